The average molecular weight is 342 g/mol. The van der Waals surface area contributed by atoms with E-state index in [1.807, 2.05) is 0 Å². The molecule has 0 atom stereocenters. The first-order chi connectivity index (χ1) is 8.97. The first-order valence-corrected chi connectivity index (χ1v) is 6.49. The van der Waals surface area contributed by atoms with Gasteiger partial charge in [0.25, 0.3) is 5.91 Å². The number of hydrogen-bond acceptors (Lipinski definition) is 3. The molecule has 0 heterocycles. The molecule has 4 nitrogen and oxygen atoms in total. The van der Waals surface area contributed by atoms with Crippen LogP contribution in [0.25, 0.3) is 0 Å². The molecule has 0 aliphatic rings. The zero-order valence-corrected chi connectivity index (χ0v) is 12.0. The summed E-state index contributed by atoms with van der Waals surface area (Å²) in [5, 5.41) is 12.1. The fourth-order valence-electron chi connectivity index (χ4n) is 1.46. The summed E-state index contributed by atoms with van der Waals surface area (Å²) in [5.41, 5.74) is 7.21. The minimum absolute atomic E-state index is 0.0616. The van der Waals surface area contributed by atoms with Crippen LogP contribution in [0.5, 0.6) is 5.75 Å². The molecular weight excluding hydrogens is 332 g/mol. The maximum absolute atomic E-state index is 12.0. The number of benzene rings is 2. The first-order valence-electron chi connectivity index (χ1n) is 5.32. The maximum atomic E-state index is 12.0. The molecule has 0 fully saturated rings. The number of carbonyl (C=O) groups excluding carboxylic acids is 1. The molecule has 2 rings (SSSR count). The average Bonchev–Trinajstić information content (AvgIpc) is 2.37. The standard InChI is InChI=1S/C13H10BrClN2O2/c14-9-6-8(2-3-11(9)16)17-13(19)7-1-4-12(18)10(15)5-7/h1-6,18H,16H2,(H,17,19). The van der Waals surface area contributed by atoms with Crippen LogP contribution in [0.1, 0.15) is 10.4 Å². The lowest BCUT2D eigenvalue weighted by atomic mass is 10.2. The second kappa shape index (κ2) is 5.50. The van der Waals surface area contributed by atoms with Gasteiger partial charge in [0.1, 0.15) is 5.75 Å². The minimum Gasteiger partial charge on any atom is -0.506 e. The van der Waals surface area contributed by atoms with Crippen molar-refractivity contribution >= 4 is 44.8 Å². The van der Waals surface area contributed by atoms with E-state index < -0.39 is 0 Å². The predicted octanol–water partition coefficient (Wildman–Crippen LogP) is 3.64. The Hall–Kier alpha value is -1.72. The van der Waals surface area contributed by atoms with E-state index in [2.05, 4.69) is 21.2 Å². The molecule has 1 amide bonds. The van der Waals surface area contributed by atoms with E-state index in [9.17, 15) is 9.90 Å². The van der Waals surface area contributed by atoms with E-state index >= 15 is 0 Å². The van der Waals surface area contributed by atoms with Crippen LogP contribution in [-0.2, 0) is 0 Å². The molecule has 0 aromatic heterocycles. The van der Waals surface area contributed by atoms with Crippen LogP contribution >= 0.6 is 27.5 Å². The number of nitrogen functional groups attached to an aromatic ring is 1. The van der Waals surface area contributed by atoms with E-state index in [4.69, 9.17) is 17.3 Å². The zero-order chi connectivity index (χ0) is 14.0. The van der Waals surface area contributed by atoms with Crippen LogP contribution < -0.4 is 11.1 Å². The van der Waals surface area contributed by atoms with Gasteiger partial charge in [0, 0.05) is 21.4 Å². The quantitative estimate of drug-likeness (QED) is 0.730. The van der Waals surface area contributed by atoms with Gasteiger partial charge in [0.2, 0.25) is 0 Å². The smallest absolute Gasteiger partial charge is 0.255 e. The van der Waals surface area contributed by atoms with Gasteiger partial charge in [0.05, 0.1) is 5.02 Å². The number of carbonyl (C=O) groups is 1. The highest BCUT2D eigenvalue weighted by Crippen LogP contribution is 2.26. The van der Waals surface area contributed by atoms with Crippen molar-refractivity contribution in [2.75, 3.05) is 11.1 Å². The van der Waals surface area contributed by atoms with Crippen LogP contribution in [-0.4, -0.2) is 11.0 Å². The molecule has 0 saturated heterocycles. The van der Waals surface area contributed by atoms with Gasteiger partial charge in [-0.3, -0.25) is 4.79 Å². The Kier molecular flexibility index (Phi) is 3.97. The second-order valence-electron chi connectivity index (χ2n) is 3.86. The topological polar surface area (TPSA) is 75.3 Å². The Balaban J connectivity index is 2.20. The van der Waals surface area contributed by atoms with Gasteiger partial charge in [-0.05, 0) is 52.3 Å². The number of nitrogens with one attached hydrogen (secondary N) is 1. The molecule has 2 aromatic carbocycles. The second-order valence-corrected chi connectivity index (χ2v) is 5.12. The third-order valence-electron chi connectivity index (χ3n) is 2.47. The third kappa shape index (κ3) is 3.19. The van der Waals surface area contributed by atoms with Crippen molar-refractivity contribution < 1.29 is 9.90 Å². The van der Waals surface area contributed by atoms with Gasteiger partial charge in [-0.2, -0.15) is 0 Å². The lowest BCUT2D eigenvalue weighted by molar-refractivity contribution is 0.102. The molecule has 4 N–H and O–H groups in total. The largest absolute Gasteiger partial charge is 0.506 e. The summed E-state index contributed by atoms with van der Waals surface area (Å²) in [6.45, 7) is 0. The normalized spacial score (nSPS) is 10.2. The monoisotopic (exact) mass is 340 g/mol. The molecule has 0 aliphatic heterocycles. The summed E-state index contributed by atoms with van der Waals surface area (Å²) >= 11 is 9.04. The first kappa shape index (κ1) is 13.7. The summed E-state index contributed by atoms with van der Waals surface area (Å²) in [6.07, 6.45) is 0. The summed E-state index contributed by atoms with van der Waals surface area (Å²) in [5.74, 6) is -0.382. The zero-order valence-electron chi connectivity index (χ0n) is 9.65. The van der Waals surface area contributed by atoms with E-state index in [1.54, 1.807) is 18.2 Å². The van der Waals surface area contributed by atoms with Gasteiger partial charge < -0.3 is 16.2 Å². The number of hydrogen-bond donors (Lipinski definition) is 3. The van der Waals surface area contributed by atoms with Crippen LogP contribution in [0.3, 0.4) is 0 Å². The minimum atomic E-state index is -0.321. The number of anilines is 2. The molecule has 98 valence electrons. The van der Waals surface area contributed by atoms with Crippen molar-refractivity contribution in [3.05, 3.63) is 51.5 Å². The van der Waals surface area contributed by atoms with Crippen molar-refractivity contribution in [2.45, 2.75) is 0 Å². The Morgan fingerprint density at radius 1 is 1.26 bits per heavy atom. The molecule has 0 spiro atoms. The maximum Gasteiger partial charge on any atom is 0.255 e. The molecular formula is C13H10BrClN2O2. The molecule has 2 aromatic rings. The molecule has 0 unspecified atom stereocenters. The highest BCUT2D eigenvalue weighted by Gasteiger charge is 2.09. The van der Waals surface area contributed by atoms with E-state index in [1.165, 1.54) is 18.2 Å². The van der Waals surface area contributed by atoms with Gasteiger partial charge in [-0.15, -0.1) is 0 Å². The lowest BCUT2D eigenvalue weighted by Crippen LogP contribution is -2.11. The number of halogens is 2. The number of amides is 1. The Morgan fingerprint density at radius 2 is 2.00 bits per heavy atom. The van der Waals surface area contributed by atoms with Crippen molar-refractivity contribution in [1.29, 1.82) is 0 Å². The molecule has 0 aliphatic carbocycles. The summed E-state index contributed by atoms with van der Waals surface area (Å²) in [6, 6.07) is 9.34. The Morgan fingerprint density at radius 3 is 2.63 bits per heavy atom. The number of phenols is 1. The van der Waals surface area contributed by atoms with Crippen LogP contribution in [0.15, 0.2) is 40.9 Å². The van der Waals surface area contributed by atoms with Crippen molar-refractivity contribution in [3.63, 3.8) is 0 Å². The van der Waals surface area contributed by atoms with E-state index in [0.29, 0.717) is 21.4 Å². The Labute approximate surface area is 123 Å². The molecule has 19 heavy (non-hydrogen) atoms. The summed E-state index contributed by atoms with van der Waals surface area (Å²) < 4.78 is 0.703. The van der Waals surface area contributed by atoms with Crippen molar-refractivity contribution in [3.8, 4) is 5.75 Å². The lowest BCUT2D eigenvalue weighted by Gasteiger charge is -2.07. The molecule has 0 bridgehead atoms. The number of aromatic hydroxyl groups is 1. The van der Waals surface area contributed by atoms with Gasteiger partial charge in [-0.25, -0.2) is 0 Å². The number of rotatable bonds is 2. The van der Waals surface area contributed by atoms with Crippen molar-refractivity contribution in [1.82, 2.24) is 0 Å². The Bertz CT molecular complexity index is 647. The van der Waals surface area contributed by atoms with Gasteiger partial charge in [-0.1, -0.05) is 11.6 Å². The van der Waals surface area contributed by atoms with E-state index in [0.717, 1.165) is 0 Å². The molecule has 6 heteroatoms. The summed E-state index contributed by atoms with van der Waals surface area (Å²) in [4.78, 5) is 12.0. The van der Waals surface area contributed by atoms with Gasteiger partial charge in [0.15, 0.2) is 0 Å². The highest BCUT2D eigenvalue weighted by atomic mass is 79.9. The van der Waals surface area contributed by atoms with Gasteiger partial charge >= 0.3 is 0 Å². The molecule has 0 radical (unpaired) electrons. The van der Waals surface area contributed by atoms with E-state index in [-0.39, 0.29) is 16.7 Å². The fourth-order valence-corrected chi connectivity index (χ4v) is 2.02. The van der Waals surface area contributed by atoms with Crippen molar-refractivity contribution in [2.24, 2.45) is 0 Å². The van der Waals surface area contributed by atoms with Crippen LogP contribution in [0.2, 0.25) is 5.02 Å². The SMILES string of the molecule is Nc1ccc(NC(=O)c2ccc(O)c(Cl)c2)cc1Br. The third-order valence-corrected chi connectivity index (χ3v) is 3.46. The van der Waals surface area contributed by atoms with Crippen LogP contribution in [0, 0.1) is 0 Å². The van der Waals surface area contributed by atoms with Crippen LogP contribution in [0.4, 0.5) is 11.4 Å². The summed E-state index contributed by atoms with van der Waals surface area (Å²) in [7, 11) is 0. The number of nitrogens with two attached hydrogens (primary N) is 1. The fraction of sp³-hybridized carbons (Fsp3) is 0. The highest BCUT2D eigenvalue weighted by molar-refractivity contribution is 9.10. The molecule has 0 saturated carbocycles. The predicted molar refractivity (Wildman–Crippen MR) is 79.6 cm³/mol. The number of phenolic OH excluding ortho intramolecular Hbond substituents is 1.